The number of thioether (sulfide) groups is 1. The number of hydrogen-bond donors (Lipinski definition) is 0. The van der Waals surface area contributed by atoms with Gasteiger partial charge >= 0.3 is 5.97 Å². The topological polar surface area (TPSA) is 26.3 Å². The molecule has 1 aromatic carbocycles. The molecule has 16 heavy (non-hydrogen) atoms. The number of halogens is 2. The lowest BCUT2D eigenvalue weighted by Crippen LogP contribution is -2.16. The molecule has 0 aliphatic rings. The van der Waals surface area contributed by atoms with E-state index in [9.17, 15) is 4.79 Å². The lowest BCUT2D eigenvalue weighted by Gasteiger charge is -2.12. The summed E-state index contributed by atoms with van der Waals surface area (Å²) < 4.78 is 4.91. The average molecular weight is 279 g/mol. The highest BCUT2D eigenvalue weighted by Crippen LogP contribution is 2.36. The molecule has 0 saturated heterocycles. The minimum Gasteiger partial charge on any atom is -0.465 e. The highest BCUT2D eigenvalue weighted by Gasteiger charge is 2.18. The van der Waals surface area contributed by atoms with Crippen molar-refractivity contribution >= 4 is 40.9 Å². The average Bonchev–Trinajstić information content (AvgIpc) is 2.23. The number of hydrogen-bond acceptors (Lipinski definition) is 3. The fourth-order valence-corrected chi connectivity index (χ4v) is 2.62. The number of benzene rings is 1. The smallest absolute Gasteiger partial charge is 0.319 e. The van der Waals surface area contributed by atoms with E-state index in [1.54, 1.807) is 32.0 Å². The predicted octanol–water partition coefficient (Wildman–Crippen LogP) is 4.04. The molecule has 0 spiro atoms. The van der Waals surface area contributed by atoms with Crippen molar-refractivity contribution in [3.05, 3.63) is 28.2 Å². The van der Waals surface area contributed by atoms with Gasteiger partial charge in [-0.2, -0.15) is 0 Å². The van der Waals surface area contributed by atoms with Gasteiger partial charge in [-0.1, -0.05) is 29.3 Å². The van der Waals surface area contributed by atoms with Crippen LogP contribution in [0.4, 0.5) is 0 Å². The molecular weight excluding hydrogens is 267 g/mol. The summed E-state index contributed by atoms with van der Waals surface area (Å²) in [5.41, 5.74) is 0. The Bertz CT molecular complexity index is 362. The van der Waals surface area contributed by atoms with Crippen LogP contribution in [0.25, 0.3) is 0 Å². The summed E-state index contributed by atoms with van der Waals surface area (Å²) in [5, 5.41) is 0.777. The summed E-state index contributed by atoms with van der Waals surface area (Å²) >= 11 is 13.3. The van der Waals surface area contributed by atoms with Gasteiger partial charge in [0.2, 0.25) is 0 Å². The first kappa shape index (κ1) is 13.7. The monoisotopic (exact) mass is 278 g/mol. The Morgan fingerprint density at radius 1 is 1.44 bits per heavy atom. The van der Waals surface area contributed by atoms with E-state index in [1.807, 2.05) is 0 Å². The summed E-state index contributed by atoms with van der Waals surface area (Å²) in [6.45, 7) is 3.92. The minimum atomic E-state index is -0.322. The van der Waals surface area contributed by atoms with Crippen molar-refractivity contribution in [2.45, 2.75) is 24.0 Å². The lowest BCUT2D eigenvalue weighted by atomic mass is 10.4. The molecule has 0 heterocycles. The first-order chi connectivity index (χ1) is 7.56. The first-order valence-electron chi connectivity index (χ1n) is 4.83. The Hall–Kier alpha value is -0.380. The van der Waals surface area contributed by atoms with Gasteiger partial charge in [-0.15, -0.1) is 11.8 Å². The lowest BCUT2D eigenvalue weighted by molar-refractivity contribution is -0.142. The van der Waals surface area contributed by atoms with Crippen LogP contribution in [0, 0.1) is 0 Å². The Morgan fingerprint density at radius 2 is 2.00 bits per heavy atom. The third-order valence-corrected chi connectivity index (χ3v) is 3.91. The van der Waals surface area contributed by atoms with Crippen LogP contribution in [0.3, 0.4) is 0 Å². The third-order valence-electron chi connectivity index (χ3n) is 1.83. The van der Waals surface area contributed by atoms with E-state index in [0.29, 0.717) is 21.5 Å². The van der Waals surface area contributed by atoms with Crippen LogP contribution < -0.4 is 0 Å². The molecule has 0 N–H and O–H groups in total. The molecule has 5 heteroatoms. The van der Waals surface area contributed by atoms with E-state index in [-0.39, 0.29) is 11.2 Å². The molecule has 0 bridgehead atoms. The predicted molar refractivity (Wildman–Crippen MR) is 68.4 cm³/mol. The zero-order valence-corrected chi connectivity index (χ0v) is 11.3. The van der Waals surface area contributed by atoms with Gasteiger partial charge in [-0.05, 0) is 26.0 Å². The maximum atomic E-state index is 11.4. The highest BCUT2D eigenvalue weighted by atomic mass is 35.5. The summed E-state index contributed by atoms with van der Waals surface area (Å²) in [4.78, 5) is 12.2. The van der Waals surface area contributed by atoms with Crippen LogP contribution >= 0.6 is 35.0 Å². The van der Waals surface area contributed by atoms with Gasteiger partial charge in [-0.25, -0.2) is 0 Å². The van der Waals surface area contributed by atoms with E-state index in [1.165, 1.54) is 11.8 Å². The molecule has 0 fully saturated rings. The van der Waals surface area contributed by atoms with Gasteiger partial charge in [-0.3, -0.25) is 4.79 Å². The number of ether oxygens (including phenoxy) is 1. The molecule has 1 rings (SSSR count). The molecule has 0 radical (unpaired) electrons. The maximum Gasteiger partial charge on any atom is 0.319 e. The van der Waals surface area contributed by atoms with Crippen molar-refractivity contribution in [2.24, 2.45) is 0 Å². The van der Waals surface area contributed by atoms with Gasteiger partial charge in [0, 0.05) is 4.90 Å². The van der Waals surface area contributed by atoms with Gasteiger partial charge in [0.25, 0.3) is 0 Å². The standard InChI is InChI=1S/C11H12Cl2O2S/c1-3-15-11(14)7(2)16-10-8(12)5-4-6-9(10)13/h4-7H,3H2,1-2H3. The molecule has 0 amide bonds. The van der Waals surface area contributed by atoms with Gasteiger partial charge in [0.05, 0.1) is 16.7 Å². The Balaban J connectivity index is 2.76. The van der Waals surface area contributed by atoms with E-state index >= 15 is 0 Å². The summed E-state index contributed by atoms with van der Waals surface area (Å²) in [6.07, 6.45) is 0. The van der Waals surface area contributed by atoms with Crippen molar-refractivity contribution in [1.29, 1.82) is 0 Å². The summed E-state index contributed by atoms with van der Waals surface area (Å²) in [7, 11) is 0. The molecule has 2 nitrogen and oxygen atoms in total. The molecule has 0 aliphatic heterocycles. The zero-order chi connectivity index (χ0) is 12.1. The number of carbonyl (C=O) groups excluding carboxylic acids is 1. The molecule has 1 atom stereocenters. The Morgan fingerprint density at radius 3 is 2.50 bits per heavy atom. The maximum absolute atomic E-state index is 11.4. The van der Waals surface area contributed by atoms with Crippen LogP contribution in [0.1, 0.15) is 13.8 Å². The third kappa shape index (κ3) is 3.58. The highest BCUT2D eigenvalue weighted by molar-refractivity contribution is 8.00. The summed E-state index contributed by atoms with van der Waals surface area (Å²) in [6, 6.07) is 5.26. The molecule has 1 aromatic rings. The largest absolute Gasteiger partial charge is 0.465 e. The quantitative estimate of drug-likeness (QED) is 0.614. The van der Waals surface area contributed by atoms with Gasteiger partial charge < -0.3 is 4.74 Å². The van der Waals surface area contributed by atoms with Crippen LogP contribution in [0.15, 0.2) is 23.1 Å². The second kappa shape index (κ2) is 6.38. The molecule has 0 aromatic heterocycles. The van der Waals surface area contributed by atoms with Crippen LogP contribution in [0.2, 0.25) is 10.0 Å². The second-order valence-electron chi connectivity index (χ2n) is 3.06. The summed E-state index contributed by atoms with van der Waals surface area (Å²) in [5.74, 6) is -0.261. The second-order valence-corrected chi connectivity index (χ2v) is 5.23. The number of rotatable bonds is 4. The fourth-order valence-electron chi connectivity index (χ4n) is 1.08. The van der Waals surface area contributed by atoms with E-state index in [2.05, 4.69) is 0 Å². The molecule has 88 valence electrons. The SMILES string of the molecule is CCOC(=O)C(C)Sc1c(Cl)cccc1Cl. The number of esters is 1. The van der Waals surface area contributed by atoms with Crippen LogP contribution in [0.5, 0.6) is 0 Å². The number of carbonyl (C=O) groups is 1. The molecule has 0 saturated carbocycles. The fraction of sp³-hybridized carbons (Fsp3) is 0.364. The molecule has 1 unspecified atom stereocenters. The molecule has 0 aliphatic carbocycles. The van der Waals surface area contributed by atoms with Crippen LogP contribution in [-0.2, 0) is 9.53 Å². The Labute approximate surface area is 109 Å². The normalized spacial score (nSPS) is 12.2. The van der Waals surface area contributed by atoms with Gasteiger partial charge in [0.1, 0.15) is 5.25 Å². The minimum absolute atomic E-state index is 0.261. The molecular formula is C11H12Cl2O2S. The van der Waals surface area contributed by atoms with Crippen molar-refractivity contribution in [3.8, 4) is 0 Å². The van der Waals surface area contributed by atoms with Crippen molar-refractivity contribution in [3.63, 3.8) is 0 Å². The first-order valence-corrected chi connectivity index (χ1v) is 6.47. The van der Waals surface area contributed by atoms with E-state index in [0.717, 1.165) is 0 Å². The van der Waals surface area contributed by atoms with Crippen LogP contribution in [-0.4, -0.2) is 17.8 Å². The van der Waals surface area contributed by atoms with Crippen molar-refractivity contribution in [1.82, 2.24) is 0 Å². The van der Waals surface area contributed by atoms with Gasteiger partial charge in [0.15, 0.2) is 0 Å². The van der Waals surface area contributed by atoms with E-state index < -0.39 is 0 Å². The Kier molecular flexibility index (Phi) is 5.46. The van der Waals surface area contributed by atoms with Crippen molar-refractivity contribution < 1.29 is 9.53 Å². The van der Waals surface area contributed by atoms with E-state index in [4.69, 9.17) is 27.9 Å². The zero-order valence-electron chi connectivity index (χ0n) is 9.00. The van der Waals surface area contributed by atoms with Crippen molar-refractivity contribution in [2.75, 3.05) is 6.61 Å².